The fourth-order valence-electron chi connectivity index (χ4n) is 1.54. The van der Waals surface area contributed by atoms with Gasteiger partial charge in [0.1, 0.15) is 5.78 Å². The van der Waals surface area contributed by atoms with Crippen LogP contribution in [-0.4, -0.2) is 19.0 Å². The molecule has 0 aromatic carbocycles. The lowest BCUT2D eigenvalue weighted by atomic mass is 10.0. The molecule has 0 saturated carbocycles. The molecule has 0 spiro atoms. The van der Waals surface area contributed by atoms with Crippen molar-refractivity contribution in [2.45, 2.75) is 39.0 Å². The first-order chi connectivity index (χ1) is 5.79. The van der Waals surface area contributed by atoms with Crippen molar-refractivity contribution in [1.29, 1.82) is 0 Å². The first kappa shape index (κ1) is 9.72. The van der Waals surface area contributed by atoms with Gasteiger partial charge in [-0.25, -0.2) is 0 Å². The SMILES string of the molecule is C[C@H]1COCCCCCC(=O)C1. The maximum absolute atomic E-state index is 11.3. The van der Waals surface area contributed by atoms with Gasteiger partial charge < -0.3 is 4.74 Å². The first-order valence-electron chi connectivity index (χ1n) is 4.88. The second kappa shape index (κ2) is 5.31. The van der Waals surface area contributed by atoms with Gasteiger partial charge in [0, 0.05) is 26.1 Å². The van der Waals surface area contributed by atoms with Crippen molar-refractivity contribution in [2.75, 3.05) is 13.2 Å². The van der Waals surface area contributed by atoms with Crippen LogP contribution in [0.1, 0.15) is 39.0 Å². The van der Waals surface area contributed by atoms with Crippen molar-refractivity contribution < 1.29 is 9.53 Å². The van der Waals surface area contributed by atoms with E-state index >= 15 is 0 Å². The third-order valence-corrected chi connectivity index (χ3v) is 2.22. The molecule has 1 rings (SSSR count). The summed E-state index contributed by atoms with van der Waals surface area (Å²) in [6.07, 6.45) is 4.79. The molecule has 1 saturated heterocycles. The molecule has 12 heavy (non-hydrogen) atoms. The average molecular weight is 170 g/mol. The molecule has 1 fully saturated rings. The molecule has 0 aromatic rings. The zero-order valence-corrected chi connectivity index (χ0v) is 7.84. The number of hydrogen-bond donors (Lipinski definition) is 0. The van der Waals surface area contributed by atoms with Crippen LogP contribution in [-0.2, 0) is 9.53 Å². The molecule has 0 N–H and O–H groups in total. The van der Waals surface area contributed by atoms with Crippen LogP contribution in [0.3, 0.4) is 0 Å². The van der Waals surface area contributed by atoms with Crippen molar-refractivity contribution in [1.82, 2.24) is 0 Å². The number of ketones is 1. The number of rotatable bonds is 0. The highest BCUT2D eigenvalue weighted by Crippen LogP contribution is 2.11. The molecule has 1 atom stereocenters. The summed E-state index contributed by atoms with van der Waals surface area (Å²) in [6.45, 7) is 3.71. The molecule has 2 nitrogen and oxygen atoms in total. The normalized spacial score (nSPS) is 28.4. The Morgan fingerprint density at radius 3 is 3.00 bits per heavy atom. The molecule has 1 aliphatic heterocycles. The molecule has 1 aliphatic rings. The lowest BCUT2D eigenvalue weighted by Crippen LogP contribution is -2.13. The van der Waals surface area contributed by atoms with E-state index in [2.05, 4.69) is 6.92 Å². The van der Waals surface area contributed by atoms with Gasteiger partial charge in [-0.2, -0.15) is 0 Å². The third kappa shape index (κ3) is 3.86. The minimum absolute atomic E-state index is 0.410. The van der Waals surface area contributed by atoms with Crippen LogP contribution in [0.5, 0.6) is 0 Å². The Labute approximate surface area is 74.3 Å². The highest BCUT2D eigenvalue weighted by atomic mass is 16.5. The quantitative estimate of drug-likeness (QED) is 0.557. The molecule has 1 heterocycles. The average Bonchev–Trinajstić information content (AvgIpc) is 2.02. The summed E-state index contributed by atoms with van der Waals surface area (Å²) >= 11 is 0. The summed E-state index contributed by atoms with van der Waals surface area (Å²) in [7, 11) is 0. The zero-order chi connectivity index (χ0) is 8.81. The highest BCUT2D eigenvalue weighted by Gasteiger charge is 2.10. The minimum atomic E-state index is 0.410. The van der Waals surface area contributed by atoms with Crippen molar-refractivity contribution in [2.24, 2.45) is 5.92 Å². The number of ether oxygens (including phenoxy) is 1. The Hall–Kier alpha value is -0.370. The zero-order valence-electron chi connectivity index (χ0n) is 7.84. The molecular formula is C10H18O2. The Kier molecular flexibility index (Phi) is 4.30. The van der Waals surface area contributed by atoms with Gasteiger partial charge in [-0.05, 0) is 18.8 Å². The van der Waals surface area contributed by atoms with Gasteiger partial charge in [-0.3, -0.25) is 4.79 Å². The molecule has 0 radical (unpaired) electrons. The van der Waals surface area contributed by atoms with E-state index in [4.69, 9.17) is 4.74 Å². The maximum atomic E-state index is 11.3. The maximum Gasteiger partial charge on any atom is 0.133 e. The lowest BCUT2D eigenvalue weighted by Gasteiger charge is -2.13. The van der Waals surface area contributed by atoms with Crippen LogP contribution in [0.2, 0.25) is 0 Å². The monoisotopic (exact) mass is 170 g/mol. The van der Waals surface area contributed by atoms with Crippen molar-refractivity contribution >= 4 is 5.78 Å². The van der Waals surface area contributed by atoms with Crippen LogP contribution in [0, 0.1) is 5.92 Å². The predicted molar refractivity (Wildman–Crippen MR) is 48.1 cm³/mol. The Balaban J connectivity index is 2.29. The van der Waals surface area contributed by atoms with E-state index in [1.165, 1.54) is 0 Å². The summed E-state index contributed by atoms with van der Waals surface area (Å²) in [4.78, 5) is 11.3. The van der Waals surface area contributed by atoms with Crippen LogP contribution in [0.25, 0.3) is 0 Å². The molecular weight excluding hydrogens is 152 g/mol. The van der Waals surface area contributed by atoms with Gasteiger partial charge in [-0.1, -0.05) is 13.3 Å². The molecule has 0 unspecified atom stereocenters. The largest absolute Gasteiger partial charge is 0.381 e. The van der Waals surface area contributed by atoms with Crippen molar-refractivity contribution in [3.05, 3.63) is 0 Å². The summed E-state index contributed by atoms with van der Waals surface area (Å²) in [5.74, 6) is 0.823. The molecule has 0 aromatic heterocycles. The Morgan fingerprint density at radius 2 is 2.17 bits per heavy atom. The van der Waals surface area contributed by atoms with Crippen molar-refractivity contribution in [3.63, 3.8) is 0 Å². The van der Waals surface area contributed by atoms with Gasteiger partial charge in [0.25, 0.3) is 0 Å². The number of carbonyl (C=O) groups excluding carboxylic acids is 1. The lowest BCUT2D eigenvalue weighted by molar-refractivity contribution is -0.120. The fourth-order valence-corrected chi connectivity index (χ4v) is 1.54. The molecule has 0 amide bonds. The Bertz CT molecular complexity index is 143. The smallest absolute Gasteiger partial charge is 0.133 e. The molecule has 70 valence electrons. The number of carbonyl (C=O) groups is 1. The van der Waals surface area contributed by atoms with Gasteiger partial charge in [-0.15, -0.1) is 0 Å². The van der Waals surface area contributed by atoms with E-state index in [-0.39, 0.29) is 0 Å². The summed E-state index contributed by atoms with van der Waals surface area (Å²) in [6, 6.07) is 0. The van der Waals surface area contributed by atoms with E-state index in [9.17, 15) is 4.79 Å². The van der Waals surface area contributed by atoms with Gasteiger partial charge >= 0.3 is 0 Å². The molecule has 0 aliphatic carbocycles. The first-order valence-corrected chi connectivity index (χ1v) is 4.88. The Morgan fingerprint density at radius 1 is 1.33 bits per heavy atom. The van der Waals surface area contributed by atoms with Gasteiger partial charge in [0.2, 0.25) is 0 Å². The minimum Gasteiger partial charge on any atom is -0.381 e. The standard InChI is InChI=1S/C10H18O2/c1-9-7-10(11)5-3-2-4-6-12-8-9/h9H,2-8H2,1H3/t9-/m1/s1. The van der Waals surface area contributed by atoms with Crippen LogP contribution in [0.15, 0.2) is 0 Å². The second-order valence-electron chi connectivity index (χ2n) is 3.73. The van der Waals surface area contributed by atoms with Gasteiger partial charge in [0.15, 0.2) is 0 Å². The van der Waals surface area contributed by atoms with E-state index < -0.39 is 0 Å². The number of Topliss-reactive ketones (excluding diaryl/α,β-unsaturated/α-hetero) is 1. The summed E-state index contributed by atoms with van der Waals surface area (Å²) in [5.41, 5.74) is 0. The molecule has 2 heteroatoms. The van der Waals surface area contributed by atoms with Gasteiger partial charge in [0.05, 0.1) is 0 Å². The third-order valence-electron chi connectivity index (χ3n) is 2.22. The van der Waals surface area contributed by atoms with E-state index in [0.717, 1.165) is 38.9 Å². The molecule has 0 bridgehead atoms. The fraction of sp³-hybridized carbons (Fsp3) is 0.900. The van der Waals surface area contributed by atoms with E-state index in [0.29, 0.717) is 18.1 Å². The second-order valence-corrected chi connectivity index (χ2v) is 3.73. The van der Waals surface area contributed by atoms with E-state index in [1.807, 2.05) is 0 Å². The summed E-state index contributed by atoms with van der Waals surface area (Å²) in [5, 5.41) is 0. The van der Waals surface area contributed by atoms with Crippen molar-refractivity contribution in [3.8, 4) is 0 Å². The van der Waals surface area contributed by atoms with Crippen LogP contribution in [0.4, 0.5) is 0 Å². The van der Waals surface area contributed by atoms with E-state index in [1.54, 1.807) is 0 Å². The summed E-state index contributed by atoms with van der Waals surface area (Å²) < 4.78 is 5.42. The highest BCUT2D eigenvalue weighted by molar-refractivity contribution is 5.78. The van der Waals surface area contributed by atoms with Crippen LogP contribution < -0.4 is 0 Å². The topological polar surface area (TPSA) is 26.3 Å². The number of hydrogen-bond acceptors (Lipinski definition) is 2. The van der Waals surface area contributed by atoms with Crippen LogP contribution >= 0.6 is 0 Å². The predicted octanol–water partition coefficient (Wildman–Crippen LogP) is 2.17.